The molecule has 1 amide bonds. The second kappa shape index (κ2) is 7.31. The summed E-state index contributed by atoms with van der Waals surface area (Å²) in [6.45, 7) is 5.30. The van der Waals surface area contributed by atoms with Crippen molar-refractivity contribution in [3.05, 3.63) is 28.6 Å². The molecule has 0 N–H and O–H groups in total. The predicted octanol–water partition coefficient (Wildman–Crippen LogP) is 2.81. The fourth-order valence-electron chi connectivity index (χ4n) is 3.26. The molecule has 0 radical (unpaired) electrons. The standard InChI is InChI=1S/C17H21N3O2S2/c21-17(14-12-24-16(18-14)15-4-2-10-23-15)20-7-5-19(6-8-20)11-13-3-1-9-22-13/h2,4,10,12-13H,1,3,5-9,11H2. The molecule has 2 fully saturated rings. The summed E-state index contributed by atoms with van der Waals surface area (Å²) in [5.74, 6) is 0.0609. The molecule has 0 aliphatic carbocycles. The molecule has 2 aliphatic rings. The number of aromatic nitrogens is 1. The van der Waals surface area contributed by atoms with Gasteiger partial charge in [-0.15, -0.1) is 22.7 Å². The summed E-state index contributed by atoms with van der Waals surface area (Å²) in [6, 6.07) is 4.05. The molecule has 2 aromatic rings. The first-order valence-electron chi connectivity index (χ1n) is 8.42. The van der Waals surface area contributed by atoms with Gasteiger partial charge in [0.25, 0.3) is 5.91 Å². The van der Waals surface area contributed by atoms with Crippen molar-refractivity contribution in [3.63, 3.8) is 0 Å². The molecule has 2 saturated heterocycles. The van der Waals surface area contributed by atoms with Gasteiger partial charge in [-0.2, -0.15) is 0 Å². The number of nitrogens with zero attached hydrogens (tertiary/aromatic N) is 3. The minimum atomic E-state index is 0.0609. The molecule has 128 valence electrons. The van der Waals surface area contributed by atoms with Crippen LogP contribution in [0.2, 0.25) is 0 Å². The van der Waals surface area contributed by atoms with Crippen molar-refractivity contribution in [2.45, 2.75) is 18.9 Å². The van der Waals surface area contributed by atoms with Gasteiger partial charge in [-0.1, -0.05) is 6.07 Å². The highest BCUT2D eigenvalue weighted by atomic mass is 32.1. The Labute approximate surface area is 149 Å². The van der Waals surface area contributed by atoms with Crippen LogP contribution in [-0.2, 0) is 4.74 Å². The maximum absolute atomic E-state index is 12.7. The first-order chi connectivity index (χ1) is 11.8. The topological polar surface area (TPSA) is 45.7 Å². The molecule has 24 heavy (non-hydrogen) atoms. The third-order valence-corrected chi connectivity index (χ3v) is 6.48. The lowest BCUT2D eigenvalue weighted by molar-refractivity contribution is 0.0430. The number of hydrogen-bond donors (Lipinski definition) is 0. The number of ether oxygens (including phenoxy) is 1. The SMILES string of the molecule is O=C(c1csc(-c2cccs2)n1)N1CCN(CC2CCCO2)CC1. The minimum Gasteiger partial charge on any atom is -0.377 e. The Morgan fingerprint density at radius 2 is 2.17 bits per heavy atom. The van der Waals surface area contributed by atoms with Crippen LogP contribution in [0.15, 0.2) is 22.9 Å². The van der Waals surface area contributed by atoms with E-state index >= 15 is 0 Å². The summed E-state index contributed by atoms with van der Waals surface area (Å²) in [6.07, 6.45) is 2.74. The Hall–Kier alpha value is -1.28. The van der Waals surface area contributed by atoms with Gasteiger partial charge >= 0.3 is 0 Å². The van der Waals surface area contributed by atoms with Crippen LogP contribution >= 0.6 is 22.7 Å². The second-order valence-electron chi connectivity index (χ2n) is 6.24. The van der Waals surface area contributed by atoms with Crippen molar-refractivity contribution < 1.29 is 9.53 Å². The van der Waals surface area contributed by atoms with Crippen LogP contribution in [0.4, 0.5) is 0 Å². The molecular formula is C17H21N3O2S2. The van der Waals surface area contributed by atoms with Gasteiger partial charge in [0.15, 0.2) is 0 Å². The van der Waals surface area contributed by atoms with E-state index in [1.807, 2.05) is 27.8 Å². The van der Waals surface area contributed by atoms with Gasteiger partial charge in [0.05, 0.1) is 11.0 Å². The lowest BCUT2D eigenvalue weighted by Gasteiger charge is -2.35. The van der Waals surface area contributed by atoms with Crippen LogP contribution in [0.5, 0.6) is 0 Å². The zero-order valence-electron chi connectivity index (χ0n) is 13.5. The van der Waals surface area contributed by atoms with Crippen LogP contribution in [-0.4, -0.2) is 66.1 Å². The van der Waals surface area contributed by atoms with Crippen molar-refractivity contribution in [1.29, 1.82) is 0 Å². The molecular weight excluding hydrogens is 342 g/mol. The molecule has 5 nitrogen and oxygen atoms in total. The molecule has 1 atom stereocenters. The molecule has 0 bridgehead atoms. The zero-order chi connectivity index (χ0) is 16.4. The Kier molecular flexibility index (Phi) is 4.93. The highest BCUT2D eigenvalue weighted by Gasteiger charge is 2.26. The number of piperazine rings is 1. The largest absolute Gasteiger partial charge is 0.377 e. The summed E-state index contributed by atoms with van der Waals surface area (Å²) in [5, 5.41) is 4.85. The van der Waals surface area contributed by atoms with E-state index in [0.717, 1.165) is 49.2 Å². The average Bonchev–Trinajstić information content (AvgIpc) is 3.36. The van der Waals surface area contributed by atoms with E-state index in [1.54, 1.807) is 22.7 Å². The number of rotatable bonds is 4. The van der Waals surface area contributed by atoms with Crippen molar-refractivity contribution >= 4 is 28.6 Å². The molecule has 1 unspecified atom stereocenters. The minimum absolute atomic E-state index is 0.0609. The van der Waals surface area contributed by atoms with Crippen molar-refractivity contribution in [2.75, 3.05) is 39.3 Å². The number of carbonyl (C=O) groups is 1. The lowest BCUT2D eigenvalue weighted by Crippen LogP contribution is -2.50. The highest BCUT2D eigenvalue weighted by Crippen LogP contribution is 2.28. The fourth-order valence-corrected chi connectivity index (χ4v) is 4.87. The van der Waals surface area contributed by atoms with E-state index in [9.17, 15) is 4.79 Å². The second-order valence-corrected chi connectivity index (χ2v) is 8.05. The van der Waals surface area contributed by atoms with E-state index in [4.69, 9.17) is 4.74 Å². The summed E-state index contributed by atoms with van der Waals surface area (Å²) in [7, 11) is 0. The van der Waals surface area contributed by atoms with E-state index in [1.165, 1.54) is 12.8 Å². The number of thiophene rings is 1. The molecule has 0 aromatic carbocycles. The number of thiazole rings is 1. The zero-order valence-corrected chi connectivity index (χ0v) is 15.2. The monoisotopic (exact) mass is 363 g/mol. The number of amides is 1. The fraction of sp³-hybridized carbons (Fsp3) is 0.529. The van der Waals surface area contributed by atoms with Crippen LogP contribution < -0.4 is 0 Å². The molecule has 2 aromatic heterocycles. The third-order valence-electron chi connectivity index (χ3n) is 4.60. The normalized spacial score (nSPS) is 22.2. The Morgan fingerprint density at radius 1 is 1.29 bits per heavy atom. The van der Waals surface area contributed by atoms with Crippen LogP contribution in [0.1, 0.15) is 23.3 Å². The lowest BCUT2D eigenvalue weighted by atomic mass is 10.2. The smallest absolute Gasteiger partial charge is 0.273 e. The van der Waals surface area contributed by atoms with E-state index in [2.05, 4.69) is 9.88 Å². The number of hydrogen-bond acceptors (Lipinski definition) is 6. The average molecular weight is 364 g/mol. The van der Waals surface area contributed by atoms with E-state index in [-0.39, 0.29) is 5.91 Å². The highest BCUT2D eigenvalue weighted by molar-refractivity contribution is 7.20. The van der Waals surface area contributed by atoms with Gasteiger partial charge in [-0.25, -0.2) is 4.98 Å². The van der Waals surface area contributed by atoms with Gasteiger partial charge < -0.3 is 9.64 Å². The Bertz CT molecular complexity index is 672. The summed E-state index contributed by atoms with van der Waals surface area (Å²) in [5.41, 5.74) is 0.580. The van der Waals surface area contributed by atoms with Crippen molar-refractivity contribution in [1.82, 2.24) is 14.8 Å². The third kappa shape index (κ3) is 3.54. The molecule has 0 saturated carbocycles. The predicted molar refractivity (Wildman–Crippen MR) is 96.7 cm³/mol. The maximum atomic E-state index is 12.7. The first-order valence-corrected chi connectivity index (χ1v) is 10.2. The summed E-state index contributed by atoms with van der Waals surface area (Å²) < 4.78 is 5.71. The number of carbonyl (C=O) groups excluding carboxylic acids is 1. The van der Waals surface area contributed by atoms with Gasteiger partial charge in [-0.3, -0.25) is 9.69 Å². The molecule has 0 spiro atoms. The molecule has 7 heteroatoms. The van der Waals surface area contributed by atoms with Gasteiger partial charge in [-0.05, 0) is 24.3 Å². The van der Waals surface area contributed by atoms with Gasteiger partial charge in [0.2, 0.25) is 0 Å². The molecule has 4 heterocycles. The van der Waals surface area contributed by atoms with Gasteiger partial charge in [0, 0.05) is 44.7 Å². The summed E-state index contributed by atoms with van der Waals surface area (Å²) in [4.78, 5) is 22.7. The van der Waals surface area contributed by atoms with E-state index < -0.39 is 0 Å². The van der Waals surface area contributed by atoms with Crippen LogP contribution in [0.25, 0.3) is 9.88 Å². The Morgan fingerprint density at radius 3 is 2.88 bits per heavy atom. The quantitative estimate of drug-likeness (QED) is 0.838. The molecule has 2 aliphatic heterocycles. The van der Waals surface area contributed by atoms with Crippen LogP contribution in [0, 0.1) is 0 Å². The molecule has 4 rings (SSSR count). The van der Waals surface area contributed by atoms with Crippen molar-refractivity contribution in [3.8, 4) is 9.88 Å². The van der Waals surface area contributed by atoms with Gasteiger partial charge in [0.1, 0.15) is 10.7 Å². The maximum Gasteiger partial charge on any atom is 0.273 e. The first kappa shape index (κ1) is 16.2. The van der Waals surface area contributed by atoms with Crippen molar-refractivity contribution in [2.24, 2.45) is 0 Å². The van der Waals surface area contributed by atoms with Crippen LogP contribution in [0.3, 0.4) is 0 Å². The Balaban J connectivity index is 1.33. The summed E-state index contributed by atoms with van der Waals surface area (Å²) >= 11 is 3.20. The van der Waals surface area contributed by atoms with E-state index in [0.29, 0.717) is 11.8 Å².